The third-order valence-corrected chi connectivity index (χ3v) is 2.79. The van der Waals surface area contributed by atoms with Gasteiger partial charge in [-0.05, 0) is 12.8 Å². The van der Waals surface area contributed by atoms with Gasteiger partial charge < -0.3 is 20.7 Å². The second-order valence-corrected chi connectivity index (χ2v) is 4.29. The molecule has 2 rings (SSSR count). The first-order valence-corrected chi connectivity index (χ1v) is 6.48. The molecule has 2 amide bonds. The number of rotatable bonds is 6. The fourth-order valence-corrected chi connectivity index (χ4v) is 1.83. The maximum atomic E-state index is 11.5. The molecule has 0 aromatic carbocycles. The fourth-order valence-electron chi connectivity index (χ4n) is 1.83. The van der Waals surface area contributed by atoms with Gasteiger partial charge in [0.25, 0.3) is 0 Å². The van der Waals surface area contributed by atoms with E-state index in [9.17, 15) is 4.79 Å². The topological polar surface area (TPSA) is 88.2 Å². The zero-order valence-corrected chi connectivity index (χ0v) is 10.8. The Bertz CT molecular complexity index is 381. The van der Waals surface area contributed by atoms with E-state index in [0.29, 0.717) is 25.5 Å². The van der Waals surface area contributed by atoms with Crippen LogP contribution in [0.5, 0.6) is 0 Å². The molecule has 0 spiro atoms. The molecule has 1 aromatic heterocycles. The van der Waals surface area contributed by atoms with Crippen LogP contribution in [0.2, 0.25) is 0 Å². The third-order valence-electron chi connectivity index (χ3n) is 2.79. The Hall–Kier alpha value is -1.89. The number of aromatic nitrogens is 2. The molecule has 2 heterocycles. The Morgan fingerprint density at radius 2 is 2.32 bits per heavy atom. The summed E-state index contributed by atoms with van der Waals surface area (Å²) < 4.78 is 5.42. The van der Waals surface area contributed by atoms with Crippen LogP contribution < -0.4 is 16.0 Å². The molecule has 1 fully saturated rings. The second kappa shape index (κ2) is 7.52. The summed E-state index contributed by atoms with van der Waals surface area (Å²) in [6.45, 7) is 2.50. The van der Waals surface area contributed by atoms with Crippen LogP contribution >= 0.6 is 0 Å². The molecular weight excluding hydrogens is 246 g/mol. The maximum absolute atomic E-state index is 11.5. The van der Waals surface area contributed by atoms with Gasteiger partial charge >= 0.3 is 6.03 Å². The number of amides is 2. The minimum absolute atomic E-state index is 0.170. The molecule has 19 heavy (non-hydrogen) atoms. The van der Waals surface area contributed by atoms with Gasteiger partial charge in [-0.15, -0.1) is 0 Å². The minimum Gasteiger partial charge on any atom is -0.376 e. The van der Waals surface area contributed by atoms with Crippen molar-refractivity contribution in [1.29, 1.82) is 0 Å². The lowest BCUT2D eigenvalue weighted by atomic mass is 10.2. The first kappa shape index (κ1) is 13.5. The third kappa shape index (κ3) is 5.09. The molecule has 7 nitrogen and oxygen atoms in total. The number of ether oxygens (including phenoxy) is 1. The summed E-state index contributed by atoms with van der Waals surface area (Å²) in [5.74, 6) is 0.698. The summed E-state index contributed by atoms with van der Waals surface area (Å²) in [7, 11) is 0. The molecule has 1 aliphatic heterocycles. The largest absolute Gasteiger partial charge is 0.376 e. The van der Waals surface area contributed by atoms with E-state index in [4.69, 9.17) is 4.74 Å². The number of nitrogens with one attached hydrogen (secondary N) is 3. The number of nitrogens with zero attached hydrogens (tertiary/aromatic N) is 2. The molecule has 0 aliphatic carbocycles. The number of hydrogen-bond donors (Lipinski definition) is 3. The predicted octanol–water partition coefficient (Wildman–Crippen LogP) is 0.367. The van der Waals surface area contributed by atoms with Crippen LogP contribution in [0.3, 0.4) is 0 Å². The lowest BCUT2D eigenvalue weighted by molar-refractivity contribution is 0.111. The van der Waals surface area contributed by atoms with Crippen molar-refractivity contribution in [2.75, 3.05) is 31.6 Å². The summed E-state index contributed by atoms with van der Waals surface area (Å²) in [6.07, 6.45) is 7.14. The van der Waals surface area contributed by atoms with Gasteiger partial charge in [0.15, 0.2) is 0 Å². The van der Waals surface area contributed by atoms with Crippen LogP contribution in [0.15, 0.2) is 18.6 Å². The highest BCUT2D eigenvalue weighted by molar-refractivity contribution is 5.73. The molecule has 1 atom stereocenters. The van der Waals surface area contributed by atoms with Crippen LogP contribution in [0, 0.1) is 0 Å². The van der Waals surface area contributed by atoms with Gasteiger partial charge in [0.1, 0.15) is 5.82 Å². The normalized spacial score (nSPS) is 18.0. The Labute approximate surface area is 112 Å². The lowest BCUT2D eigenvalue weighted by Crippen LogP contribution is -2.41. The molecule has 1 unspecified atom stereocenters. The van der Waals surface area contributed by atoms with Crippen molar-refractivity contribution >= 4 is 11.8 Å². The van der Waals surface area contributed by atoms with Crippen molar-refractivity contribution in [2.45, 2.75) is 18.9 Å². The highest BCUT2D eigenvalue weighted by atomic mass is 16.5. The van der Waals surface area contributed by atoms with E-state index in [-0.39, 0.29) is 12.1 Å². The van der Waals surface area contributed by atoms with Crippen molar-refractivity contribution in [3.63, 3.8) is 0 Å². The average molecular weight is 265 g/mol. The van der Waals surface area contributed by atoms with E-state index >= 15 is 0 Å². The Morgan fingerprint density at radius 3 is 3.05 bits per heavy atom. The van der Waals surface area contributed by atoms with E-state index in [0.717, 1.165) is 19.4 Å². The Balaban J connectivity index is 1.51. The zero-order valence-electron chi connectivity index (χ0n) is 10.8. The molecular formula is C12H19N5O2. The zero-order chi connectivity index (χ0) is 13.3. The smallest absolute Gasteiger partial charge is 0.314 e. The first-order valence-electron chi connectivity index (χ1n) is 6.48. The van der Waals surface area contributed by atoms with E-state index in [1.807, 2.05) is 0 Å². The van der Waals surface area contributed by atoms with Crippen molar-refractivity contribution in [3.05, 3.63) is 18.6 Å². The van der Waals surface area contributed by atoms with Gasteiger partial charge in [-0.2, -0.15) is 0 Å². The summed E-state index contributed by atoms with van der Waals surface area (Å²) in [4.78, 5) is 19.5. The molecule has 1 aliphatic rings. The van der Waals surface area contributed by atoms with Crippen LogP contribution in [-0.2, 0) is 4.74 Å². The van der Waals surface area contributed by atoms with Gasteiger partial charge in [0.05, 0.1) is 12.3 Å². The molecule has 104 valence electrons. The van der Waals surface area contributed by atoms with Crippen LogP contribution in [0.25, 0.3) is 0 Å². The van der Waals surface area contributed by atoms with Gasteiger partial charge in [0, 0.05) is 38.6 Å². The molecule has 0 bridgehead atoms. The van der Waals surface area contributed by atoms with E-state index in [1.165, 1.54) is 0 Å². The molecule has 0 saturated carbocycles. The number of urea groups is 1. The summed E-state index contributed by atoms with van der Waals surface area (Å²) in [6, 6.07) is -0.170. The average Bonchev–Trinajstić information content (AvgIpc) is 2.96. The summed E-state index contributed by atoms with van der Waals surface area (Å²) >= 11 is 0. The van der Waals surface area contributed by atoms with E-state index in [1.54, 1.807) is 18.6 Å². The van der Waals surface area contributed by atoms with E-state index < -0.39 is 0 Å². The Morgan fingerprint density at radius 1 is 1.37 bits per heavy atom. The van der Waals surface area contributed by atoms with Crippen LogP contribution in [0.4, 0.5) is 10.6 Å². The van der Waals surface area contributed by atoms with Gasteiger partial charge in [-0.1, -0.05) is 0 Å². The fraction of sp³-hybridized carbons (Fsp3) is 0.583. The number of carbonyl (C=O) groups is 1. The van der Waals surface area contributed by atoms with Crippen molar-refractivity contribution in [3.8, 4) is 0 Å². The molecule has 1 saturated heterocycles. The first-order chi connectivity index (χ1) is 9.34. The quantitative estimate of drug-likeness (QED) is 0.647. The number of hydrogen-bond acceptors (Lipinski definition) is 5. The summed E-state index contributed by atoms with van der Waals surface area (Å²) in [5.41, 5.74) is 0. The standard InChI is InChI=1S/C12H19N5O2/c18-12(17-8-10-2-1-7-19-10)16-6-5-15-11-9-13-3-4-14-11/h3-4,9-10H,1-2,5-8H2,(H,14,15)(H2,16,17,18). The maximum Gasteiger partial charge on any atom is 0.314 e. The summed E-state index contributed by atoms with van der Waals surface area (Å²) in [5, 5.41) is 8.61. The van der Waals surface area contributed by atoms with Crippen molar-refractivity contribution in [1.82, 2.24) is 20.6 Å². The predicted molar refractivity (Wildman–Crippen MR) is 70.9 cm³/mol. The van der Waals surface area contributed by atoms with Crippen LogP contribution in [0.1, 0.15) is 12.8 Å². The van der Waals surface area contributed by atoms with Crippen LogP contribution in [-0.4, -0.2) is 48.3 Å². The Kier molecular flexibility index (Phi) is 5.36. The highest BCUT2D eigenvalue weighted by Crippen LogP contribution is 2.10. The highest BCUT2D eigenvalue weighted by Gasteiger charge is 2.15. The minimum atomic E-state index is -0.170. The lowest BCUT2D eigenvalue weighted by Gasteiger charge is -2.12. The SMILES string of the molecule is O=C(NCCNc1cnccn1)NCC1CCCO1. The molecule has 0 radical (unpaired) electrons. The van der Waals surface area contributed by atoms with Gasteiger partial charge in [-0.3, -0.25) is 4.98 Å². The van der Waals surface area contributed by atoms with Crippen molar-refractivity contribution < 1.29 is 9.53 Å². The molecule has 3 N–H and O–H groups in total. The number of carbonyl (C=O) groups excluding carboxylic acids is 1. The molecule has 1 aromatic rings. The van der Waals surface area contributed by atoms with Gasteiger partial charge in [-0.25, -0.2) is 9.78 Å². The second-order valence-electron chi connectivity index (χ2n) is 4.29. The molecule has 7 heteroatoms. The van der Waals surface area contributed by atoms with Gasteiger partial charge in [0.2, 0.25) is 0 Å². The number of anilines is 1. The van der Waals surface area contributed by atoms with Crippen molar-refractivity contribution in [2.24, 2.45) is 0 Å². The van der Waals surface area contributed by atoms with E-state index in [2.05, 4.69) is 25.9 Å². The monoisotopic (exact) mass is 265 g/mol.